The summed E-state index contributed by atoms with van der Waals surface area (Å²) < 4.78 is 27.8. The number of piperidine rings is 1. The molecule has 8 nitrogen and oxygen atoms in total. The lowest BCUT2D eigenvalue weighted by molar-refractivity contribution is -0.114. The van der Waals surface area contributed by atoms with Gasteiger partial charge in [0.05, 0.1) is 10.6 Å². The van der Waals surface area contributed by atoms with Crippen molar-refractivity contribution in [2.75, 3.05) is 23.7 Å². The highest BCUT2D eigenvalue weighted by atomic mass is 32.2. The smallest absolute Gasteiger partial charge is 0.257 e. The molecular weight excluding hydrogens is 472 g/mol. The SMILES string of the molecule is CC(=O)Nc1ccc(-c2csc(NC(=O)c3ccc(C)c(S(=O)(=O)N4CCCCC4)c3)n2)cc1. The Morgan fingerprint density at radius 2 is 1.71 bits per heavy atom. The molecule has 1 aliphatic heterocycles. The molecule has 178 valence electrons. The fourth-order valence-electron chi connectivity index (χ4n) is 3.82. The average molecular weight is 499 g/mol. The third kappa shape index (κ3) is 5.35. The second-order valence-electron chi connectivity index (χ2n) is 8.20. The van der Waals surface area contributed by atoms with Gasteiger partial charge < -0.3 is 5.32 Å². The highest BCUT2D eigenvalue weighted by Gasteiger charge is 2.28. The van der Waals surface area contributed by atoms with Crippen LogP contribution in [0.15, 0.2) is 52.7 Å². The van der Waals surface area contributed by atoms with E-state index < -0.39 is 15.9 Å². The van der Waals surface area contributed by atoms with Gasteiger partial charge in [0.15, 0.2) is 5.13 Å². The Balaban J connectivity index is 1.50. The Morgan fingerprint density at radius 1 is 1.00 bits per heavy atom. The number of sulfonamides is 1. The molecule has 1 saturated heterocycles. The molecule has 0 spiro atoms. The fraction of sp³-hybridized carbons (Fsp3) is 0.292. The minimum Gasteiger partial charge on any atom is -0.326 e. The van der Waals surface area contributed by atoms with E-state index in [2.05, 4.69) is 15.6 Å². The summed E-state index contributed by atoms with van der Waals surface area (Å²) in [7, 11) is -3.65. The Bertz CT molecular complexity index is 1310. The summed E-state index contributed by atoms with van der Waals surface area (Å²) in [6.07, 6.45) is 2.73. The molecule has 4 rings (SSSR count). The number of thiazole rings is 1. The van der Waals surface area contributed by atoms with Crippen LogP contribution in [0.1, 0.15) is 42.1 Å². The third-order valence-electron chi connectivity index (χ3n) is 5.61. The van der Waals surface area contributed by atoms with Gasteiger partial charge in [0, 0.05) is 42.2 Å². The average Bonchev–Trinajstić information content (AvgIpc) is 3.28. The molecule has 3 aromatic rings. The lowest BCUT2D eigenvalue weighted by Gasteiger charge is -2.26. The van der Waals surface area contributed by atoms with Crippen molar-refractivity contribution in [3.63, 3.8) is 0 Å². The van der Waals surface area contributed by atoms with Crippen molar-refractivity contribution in [1.82, 2.24) is 9.29 Å². The normalized spacial score (nSPS) is 14.5. The lowest BCUT2D eigenvalue weighted by atomic mass is 10.1. The molecule has 2 amide bonds. The zero-order chi connectivity index (χ0) is 24.3. The molecule has 0 saturated carbocycles. The monoisotopic (exact) mass is 498 g/mol. The van der Waals surface area contributed by atoms with E-state index in [1.807, 2.05) is 17.5 Å². The Hall–Kier alpha value is -3.08. The number of benzene rings is 2. The van der Waals surface area contributed by atoms with Gasteiger partial charge in [0.2, 0.25) is 15.9 Å². The van der Waals surface area contributed by atoms with E-state index in [1.165, 1.54) is 28.6 Å². The number of hydrogen-bond donors (Lipinski definition) is 2. The minimum atomic E-state index is -3.65. The largest absolute Gasteiger partial charge is 0.326 e. The highest BCUT2D eigenvalue weighted by Crippen LogP contribution is 2.28. The van der Waals surface area contributed by atoms with Crippen LogP contribution in [-0.2, 0) is 14.8 Å². The van der Waals surface area contributed by atoms with Gasteiger partial charge in [0.1, 0.15) is 0 Å². The van der Waals surface area contributed by atoms with Crippen molar-refractivity contribution in [1.29, 1.82) is 0 Å². The van der Waals surface area contributed by atoms with Gasteiger partial charge in [-0.2, -0.15) is 4.31 Å². The zero-order valence-corrected chi connectivity index (χ0v) is 20.6. The second-order valence-corrected chi connectivity index (χ2v) is 11.0. The molecule has 2 heterocycles. The minimum absolute atomic E-state index is 0.144. The number of amides is 2. The van der Waals surface area contributed by atoms with Crippen LogP contribution in [0.4, 0.5) is 10.8 Å². The van der Waals surface area contributed by atoms with E-state index in [-0.39, 0.29) is 16.4 Å². The highest BCUT2D eigenvalue weighted by molar-refractivity contribution is 7.89. The number of rotatable bonds is 6. The summed E-state index contributed by atoms with van der Waals surface area (Å²) in [5.74, 6) is -0.564. The van der Waals surface area contributed by atoms with Crippen molar-refractivity contribution in [3.8, 4) is 11.3 Å². The molecule has 0 atom stereocenters. The number of anilines is 2. The Kier molecular flexibility index (Phi) is 7.11. The van der Waals surface area contributed by atoms with E-state index in [0.29, 0.717) is 35.2 Å². The summed E-state index contributed by atoms with van der Waals surface area (Å²) in [6, 6.07) is 12.0. The predicted molar refractivity (Wildman–Crippen MR) is 134 cm³/mol. The number of aromatic nitrogens is 1. The Morgan fingerprint density at radius 3 is 2.38 bits per heavy atom. The number of carbonyl (C=O) groups is 2. The van der Waals surface area contributed by atoms with E-state index >= 15 is 0 Å². The van der Waals surface area contributed by atoms with E-state index in [9.17, 15) is 18.0 Å². The maximum Gasteiger partial charge on any atom is 0.257 e. The molecule has 0 radical (unpaired) electrons. The predicted octanol–water partition coefficient (Wildman–Crippen LogP) is 4.50. The molecule has 2 aromatic carbocycles. The topological polar surface area (TPSA) is 108 Å². The summed E-state index contributed by atoms with van der Waals surface area (Å²) in [4.78, 5) is 28.7. The van der Waals surface area contributed by atoms with Crippen LogP contribution in [0.25, 0.3) is 11.3 Å². The van der Waals surface area contributed by atoms with Crippen molar-refractivity contribution in [3.05, 3.63) is 59.0 Å². The van der Waals surface area contributed by atoms with Gasteiger partial charge in [-0.1, -0.05) is 24.6 Å². The van der Waals surface area contributed by atoms with Crippen molar-refractivity contribution < 1.29 is 18.0 Å². The van der Waals surface area contributed by atoms with Crippen LogP contribution >= 0.6 is 11.3 Å². The van der Waals surface area contributed by atoms with Gasteiger partial charge in [0.25, 0.3) is 5.91 Å². The van der Waals surface area contributed by atoms with Crippen molar-refractivity contribution in [2.45, 2.75) is 38.0 Å². The molecule has 2 N–H and O–H groups in total. The molecule has 0 bridgehead atoms. The lowest BCUT2D eigenvalue weighted by Crippen LogP contribution is -2.36. The Labute approximate surface area is 203 Å². The number of nitrogens with one attached hydrogen (secondary N) is 2. The van der Waals surface area contributed by atoms with Crippen molar-refractivity contribution in [2.24, 2.45) is 0 Å². The maximum atomic E-state index is 13.1. The first-order valence-corrected chi connectivity index (χ1v) is 13.3. The maximum absolute atomic E-state index is 13.1. The van der Waals surface area contributed by atoms with Gasteiger partial charge in [-0.05, 0) is 49.6 Å². The first-order chi connectivity index (χ1) is 16.2. The van der Waals surface area contributed by atoms with Gasteiger partial charge in [-0.15, -0.1) is 11.3 Å². The fourth-order valence-corrected chi connectivity index (χ4v) is 6.31. The summed E-state index contributed by atoms with van der Waals surface area (Å²) in [5, 5.41) is 7.71. The quantitative estimate of drug-likeness (QED) is 0.520. The van der Waals surface area contributed by atoms with Crippen LogP contribution in [-0.4, -0.2) is 42.6 Å². The van der Waals surface area contributed by atoms with Crippen molar-refractivity contribution >= 4 is 44.0 Å². The van der Waals surface area contributed by atoms with E-state index in [4.69, 9.17) is 0 Å². The zero-order valence-electron chi connectivity index (χ0n) is 19.0. The number of aryl methyl sites for hydroxylation is 1. The molecule has 1 fully saturated rings. The summed E-state index contributed by atoms with van der Waals surface area (Å²) in [5.41, 5.74) is 3.09. The number of carbonyl (C=O) groups excluding carboxylic acids is 2. The first kappa shape index (κ1) is 24.1. The van der Waals surface area contributed by atoms with Gasteiger partial charge in [-0.3, -0.25) is 14.9 Å². The van der Waals surface area contributed by atoms with E-state index in [1.54, 1.807) is 31.2 Å². The van der Waals surface area contributed by atoms with Crippen LogP contribution in [0, 0.1) is 6.92 Å². The molecule has 34 heavy (non-hydrogen) atoms. The summed E-state index contributed by atoms with van der Waals surface area (Å²) >= 11 is 1.28. The third-order valence-corrected chi connectivity index (χ3v) is 8.41. The molecule has 0 unspecified atom stereocenters. The molecule has 1 aromatic heterocycles. The summed E-state index contributed by atoms with van der Waals surface area (Å²) in [6.45, 7) is 4.20. The molecule has 0 aliphatic carbocycles. The molecule has 1 aliphatic rings. The van der Waals surface area contributed by atoms with Gasteiger partial charge >= 0.3 is 0 Å². The molecular formula is C24H26N4O4S2. The van der Waals surface area contributed by atoms with Crippen LogP contribution in [0.5, 0.6) is 0 Å². The number of hydrogen-bond acceptors (Lipinski definition) is 6. The standard InChI is InChI=1S/C24H26N4O4S2/c1-16-6-7-19(14-22(16)34(31,32)28-12-4-3-5-13-28)23(30)27-24-26-21(15-33-24)18-8-10-20(11-9-18)25-17(2)29/h6-11,14-15H,3-5,12-13H2,1-2H3,(H,25,29)(H,26,27,30). The van der Waals surface area contributed by atoms with Crippen LogP contribution in [0.2, 0.25) is 0 Å². The van der Waals surface area contributed by atoms with Gasteiger partial charge in [-0.25, -0.2) is 13.4 Å². The van der Waals surface area contributed by atoms with Crippen LogP contribution in [0.3, 0.4) is 0 Å². The molecule has 10 heteroatoms. The van der Waals surface area contributed by atoms with E-state index in [0.717, 1.165) is 24.8 Å². The first-order valence-electron chi connectivity index (χ1n) is 11.0. The van der Waals surface area contributed by atoms with Crippen LogP contribution < -0.4 is 10.6 Å². The second kappa shape index (κ2) is 10.0. The number of nitrogens with zero attached hydrogens (tertiary/aromatic N) is 2.